The molecule has 25 heavy (non-hydrogen) atoms. The quantitative estimate of drug-likeness (QED) is 0.550. The molecule has 0 saturated carbocycles. The number of carbonyl (C=O) groups is 1. The maximum atomic E-state index is 12.2. The Hall–Kier alpha value is -3.06. The highest BCUT2D eigenvalue weighted by Crippen LogP contribution is 2.30. The summed E-state index contributed by atoms with van der Waals surface area (Å²) in [5, 5.41) is 14.0. The van der Waals surface area contributed by atoms with Crippen LogP contribution in [0.1, 0.15) is 10.4 Å². The number of nitrogens with one attached hydrogen (secondary N) is 1. The first-order chi connectivity index (χ1) is 12.0. The molecule has 0 saturated heterocycles. The van der Waals surface area contributed by atoms with Gasteiger partial charge in [-0.25, -0.2) is 4.98 Å². The molecule has 0 unspecified atom stereocenters. The lowest BCUT2D eigenvalue weighted by Gasteiger charge is -2.02. The highest BCUT2D eigenvalue weighted by atomic mass is 32.1. The van der Waals surface area contributed by atoms with Gasteiger partial charge >= 0.3 is 0 Å². The highest BCUT2D eigenvalue weighted by Gasteiger charge is 2.13. The van der Waals surface area contributed by atoms with Crippen molar-refractivity contribution in [3.63, 3.8) is 0 Å². The van der Waals surface area contributed by atoms with E-state index in [0.717, 1.165) is 16.1 Å². The van der Waals surface area contributed by atoms with E-state index in [4.69, 9.17) is 0 Å². The van der Waals surface area contributed by atoms with Gasteiger partial charge in [-0.15, -0.1) is 11.3 Å². The van der Waals surface area contributed by atoms with Gasteiger partial charge in [-0.05, 0) is 12.5 Å². The Labute approximate surface area is 148 Å². The molecule has 6 nitrogen and oxygen atoms in total. The molecule has 3 rings (SSSR count). The van der Waals surface area contributed by atoms with Crippen molar-refractivity contribution >= 4 is 28.1 Å². The highest BCUT2D eigenvalue weighted by molar-refractivity contribution is 7.16. The van der Waals surface area contributed by atoms with Crippen molar-refractivity contribution in [1.82, 2.24) is 4.98 Å². The molecule has 1 N–H and O–H groups in total. The number of nitrogens with zero attached hydrogens (tertiary/aromatic N) is 2. The monoisotopic (exact) mass is 353 g/mol. The van der Waals surface area contributed by atoms with Crippen LogP contribution >= 0.6 is 11.3 Å². The van der Waals surface area contributed by atoms with E-state index in [2.05, 4.69) is 10.3 Å². The summed E-state index contributed by atoms with van der Waals surface area (Å²) >= 11 is 1.42. The third-order valence-electron chi connectivity index (χ3n) is 3.60. The normalized spacial score (nSPS) is 10.4. The number of nitro groups is 1. The SMILES string of the molecule is Cc1sc(NC(=O)Cc2ccc([N+](=O)[O-])cc2)nc1-c1ccccc1. The molecule has 0 fully saturated rings. The van der Waals surface area contributed by atoms with Crippen LogP contribution in [0.15, 0.2) is 54.6 Å². The molecule has 1 amide bonds. The standard InChI is InChI=1S/C18H15N3O3S/c1-12-17(14-5-3-2-4-6-14)20-18(25-12)19-16(22)11-13-7-9-15(10-8-13)21(23)24/h2-10H,11H2,1H3,(H,19,20,22). The number of anilines is 1. The number of aromatic nitrogens is 1. The van der Waals surface area contributed by atoms with Gasteiger partial charge in [0.25, 0.3) is 5.69 Å². The van der Waals surface area contributed by atoms with Crippen molar-refractivity contribution in [3.05, 3.63) is 75.2 Å². The van der Waals surface area contributed by atoms with E-state index in [1.54, 1.807) is 12.1 Å². The zero-order valence-electron chi connectivity index (χ0n) is 13.4. The van der Waals surface area contributed by atoms with Crippen LogP contribution in [-0.4, -0.2) is 15.8 Å². The van der Waals surface area contributed by atoms with Gasteiger partial charge in [-0.3, -0.25) is 14.9 Å². The summed E-state index contributed by atoms with van der Waals surface area (Å²) < 4.78 is 0. The first kappa shape index (κ1) is 16.8. The predicted molar refractivity (Wildman–Crippen MR) is 97.7 cm³/mol. The van der Waals surface area contributed by atoms with Crippen LogP contribution in [0.5, 0.6) is 0 Å². The number of non-ortho nitro benzene ring substituents is 1. The molecule has 0 atom stereocenters. The second kappa shape index (κ2) is 7.23. The van der Waals surface area contributed by atoms with Crippen molar-refractivity contribution < 1.29 is 9.72 Å². The fraction of sp³-hybridized carbons (Fsp3) is 0.111. The van der Waals surface area contributed by atoms with Crippen molar-refractivity contribution in [1.29, 1.82) is 0 Å². The second-order valence-corrected chi connectivity index (χ2v) is 6.64. The fourth-order valence-electron chi connectivity index (χ4n) is 2.40. The minimum absolute atomic E-state index is 0.00668. The van der Waals surface area contributed by atoms with E-state index in [-0.39, 0.29) is 18.0 Å². The Morgan fingerprint density at radius 1 is 1.16 bits per heavy atom. The molecular formula is C18H15N3O3S. The average Bonchev–Trinajstić information content (AvgIpc) is 2.96. The third kappa shape index (κ3) is 4.07. The van der Waals surface area contributed by atoms with Crippen LogP contribution in [0, 0.1) is 17.0 Å². The van der Waals surface area contributed by atoms with Crippen LogP contribution in [0.4, 0.5) is 10.8 Å². The van der Waals surface area contributed by atoms with Gasteiger partial charge in [-0.2, -0.15) is 0 Å². The van der Waals surface area contributed by atoms with Gasteiger partial charge in [0.15, 0.2) is 5.13 Å². The van der Waals surface area contributed by atoms with Crippen LogP contribution < -0.4 is 5.32 Å². The van der Waals surface area contributed by atoms with Crippen molar-refractivity contribution in [2.24, 2.45) is 0 Å². The minimum Gasteiger partial charge on any atom is -0.302 e. The number of carbonyl (C=O) groups excluding carboxylic acids is 1. The van der Waals surface area contributed by atoms with Gasteiger partial charge in [0, 0.05) is 22.6 Å². The molecule has 1 aromatic heterocycles. The van der Waals surface area contributed by atoms with Crippen LogP contribution in [0.25, 0.3) is 11.3 Å². The molecule has 0 radical (unpaired) electrons. The molecule has 7 heteroatoms. The Morgan fingerprint density at radius 3 is 2.48 bits per heavy atom. The fourth-order valence-corrected chi connectivity index (χ4v) is 3.25. The van der Waals surface area contributed by atoms with E-state index >= 15 is 0 Å². The van der Waals surface area contributed by atoms with Crippen LogP contribution in [0.3, 0.4) is 0 Å². The first-order valence-electron chi connectivity index (χ1n) is 7.59. The first-order valence-corrected chi connectivity index (χ1v) is 8.40. The van der Waals surface area contributed by atoms with Crippen LogP contribution in [-0.2, 0) is 11.2 Å². The smallest absolute Gasteiger partial charge is 0.269 e. The molecule has 0 aliphatic heterocycles. The Balaban J connectivity index is 1.68. The number of amides is 1. The van der Waals surface area contributed by atoms with Crippen molar-refractivity contribution in [2.75, 3.05) is 5.32 Å². The zero-order valence-corrected chi connectivity index (χ0v) is 14.2. The number of nitro benzene ring substituents is 1. The number of rotatable bonds is 5. The van der Waals surface area contributed by atoms with E-state index in [1.165, 1.54) is 23.5 Å². The summed E-state index contributed by atoms with van der Waals surface area (Å²) in [5.41, 5.74) is 2.58. The Kier molecular flexibility index (Phi) is 4.85. The van der Waals surface area contributed by atoms with Crippen LogP contribution in [0.2, 0.25) is 0 Å². The summed E-state index contributed by atoms with van der Waals surface area (Å²) in [5.74, 6) is -0.206. The lowest BCUT2D eigenvalue weighted by molar-refractivity contribution is -0.384. The zero-order chi connectivity index (χ0) is 17.8. The minimum atomic E-state index is -0.465. The predicted octanol–water partition coefficient (Wildman–Crippen LogP) is 4.21. The van der Waals surface area contributed by atoms with Gasteiger partial charge in [-0.1, -0.05) is 42.5 Å². The maximum Gasteiger partial charge on any atom is 0.269 e. The maximum absolute atomic E-state index is 12.2. The largest absolute Gasteiger partial charge is 0.302 e. The molecular weight excluding hydrogens is 338 g/mol. The van der Waals surface area contributed by atoms with Crippen molar-refractivity contribution in [3.8, 4) is 11.3 Å². The number of aryl methyl sites for hydroxylation is 1. The molecule has 1 heterocycles. The second-order valence-electron chi connectivity index (χ2n) is 5.44. The molecule has 126 valence electrons. The van der Waals surface area contributed by atoms with E-state index in [9.17, 15) is 14.9 Å². The van der Waals surface area contributed by atoms with Crippen molar-refractivity contribution in [2.45, 2.75) is 13.3 Å². The van der Waals surface area contributed by atoms with E-state index in [0.29, 0.717) is 10.7 Å². The molecule has 0 aliphatic rings. The topological polar surface area (TPSA) is 85.1 Å². The average molecular weight is 353 g/mol. The summed E-state index contributed by atoms with van der Waals surface area (Å²) in [6, 6.07) is 15.7. The molecule has 0 aliphatic carbocycles. The number of benzene rings is 2. The van der Waals surface area contributed by atoms with Gasteiger partial charge in [0.2, 0.25) is 5.91 Å². The molecule has 0 bridgehead atoms. The molecule has 2 aromatic carbocycles. The third-order valence-corrected chi connectivity index (χ3v) is 4.49. The Bertz CT molecular complexity index is 905. The van der Waals surface area contributed by atoms with E-state index in [1.807, 2.05) is 37.3 Å². The number of thiazole rings is 1. The summed E-state index contributed by atoms with van der Waals surface area (Å²) in [6.07, 6.45) is 0.136. The summed E-state index contributed by atoms with van der Waals surface area (Å²) in [6.45, 7) is 1.96. The Morgan fingerprint density at radius 2 is 1.84 bits per heavy atom. The lowest BCUT2D eigenvalue weighted by atomic mass is 10.1. The lowest BCUT2D eigenvalue weighted by Crippen LogP contribution is -2.14. The number of hydrogen-bond acceptors (Lipinski definition) is 5. The summed E-state index contributed by atoms with van der Waals surface area (Å²) in [4.78, 5) is 27.9. The van der Waals surface area contributed by atoms with E-state index < -0.39 is 4.92 Å². The molecule has 3 aromatic rings. The van der Waals surface area contributed by atoms with Gasteiger partial charge < -0.3 is 5.32 Å². The van der Waals surface area contributed by atoms with Gasteiger partial charge in [0.1, 0.15) is 0 Å². The number of hydrogen-bond donors (Lipinski definition) is 1. The van der Waals surface area contributed by atoms with Gasteiger partial charge in [0.05, 0.1) is 17.0 Å². The summed E-state index contributed by atoms with van der Waals surface area (Å²) in [7, 11) is 0. The molecule has 0 spiro atoms.